The standard InChI is InChI=1S/C25H27ClN4O4.C2H6/c1-30(16-18-11-21(13-28-12-18)25(33)34-2)24(32)19-5-3-17(4-6-19)9-10-27-15-22(31)20-7-8-23(26)29-14-20;1-2/h3-8,11-14,22,27,31H,9-10,15-16H2,1-2H3;1-2H3. The van der Waals surface area contributed by atoms with Crippen LogP contribution in [0.2, 0.25) is 5.15 Å². The average Bonchev–Trinajstić information content (AvgIpc) is 2.92. The van der Waals surface area contributed by atoms with Crippen molar-refractivity contribution in [2.75, 3.05) is 27.2 Å². The number of rotatable bonds is 10. The summed E-state index contributed by atoms with van der Waals surface area (Å²) < 4.78 is 4.71. The fraction of sp³-hybridized carbons (Fsp3) is 0.333. The Balaban J connectivity index is 0.00000222. The summed E-state index contributed by atoms with van der Waals surface area (Å²) in [6, 6.07) is 12.5. The van der Waals surface area contributed by atoms with Crippen molar-refractivity contribution in [1.82, 2.24) is 20.2 Å². The Kier molecular flexibility index (Phi) is 12.0. The lowest BCUT2D eigenvalue weighted by atomic mass is 10.1. The molecule has 3 rings (SSSR count). The number of aliphatic hydroxyl groups excluding tert-OH is 1. The molecule has 0 aliphatic heterocycles. The topological polar surface area (TPSA) is 105 Å². The molecule has 0 aliphatic rings. The first-order valence-corrected chi connectivity index (χ1v) is 12.1. The van der Waals surface area contributed by atoms with Crippen LogP contribution < -0.4 is 5.32 Å². The van der Waals surface area contributed by atoms with Gasteiger partial charge in [-0.3, -0.25) is 9.78 Å². The highest BCUT2D eigenvalue weighted by atomic mass is 35.5. The van der Waals surface area contributed by atoms with E-state index in [1.807, 2.05) is 26.0 Å². The lowest BCUT2D eigenvalue weighted by Gasteiger charge is -2.18. The van der Waals surface area contributed by atoms with Gasteiger partial charge in [-0.25, -0.2) is 9.78 Å². The molecule has 1 atom stereocenters. The van der Waals surface area contributed by atoms with Gasteiger partial charge in [-0.15, -0.1) is 0 Å². The molecule has 36 heavy (non-hydrogen) atoms. The molecule has 0 saturated heterocycles. The van der Waals surface area contributed by atoms with Crippen molar-refractivity contribution in [2.24, 2.45) is 0 Å². The largest absolute Gasteiger partial charge is 0.465 e. The van der Waals surface area contributed by atoms with E-state index >= 15 is 0 Å². The second-order valence-corrected chi connectivity index (χ2v) is 8.20. The first kappa shape index (κ1) is 28.9. The molecule has 3 aromatic rings. The van der Waals surface area contributed by atoms with Gasteiger partial charge in [-0.2, -0.15) is 0 Å². The summed E-state index contributed by atoms with van der Waals surface area (Å²) in [6.07, 6.45) is 4.70. The fourth-order valence-electron chi connectivity index (χ4n) is 3.36. The van der Waals surface area contributed by atoms with Crippen molar-refractivity contribution < 1.29 is 19.4 Å². The number of nitrogens with zero attached hydrogens (tertiary/aromatic N) is 3. The predicted octanol–water partition coefficient (Wildman–Crippen LogP) is 4.08. The van der Waals surface area contributed by atoms with Crippen LogP contribution in [0.1, 0.15) is 57.4 Å². The summed E-state index contributed by atoms with van der Waals surface area (Å²) in [6.45, 7) is 5.39. The minimum atomic E-state index is -0.663. The average molecular weight is 513 g/mol. The van der Waals surface area contributed by atoms with Gasteiger partial charge in [-0.05, 0) is 48.4 Å². The molecule has 0 bridgehead atoms. The third-order valence-electron chi connectivity index (χ3n) is 5.25. The Morgan fingerprint density at radius 1 is 1.06 bits per heavy atom. The molecule has 0 radical (unpaired) electrons. The highest BCUT2D eigenvalue weighted by molar-refractivity contribution is 6.29. The zero-order valence-corrected chi connectivity index (χ0v) is 21.8. The molecule has 0 saturated carbocycles. The minimum absolute atomic E-state index is 0.132. The SMILES string of the molecule is CC.COC(=O)c1cncc(CN(C)C(=O)c2ccc(CCNCC(O)c3ccc(Cl)nc3)cc2)c1. The first-order valence-electron chi connectivity index (χ1n) is 11.7. The fourth-order valence-corrected chi connectivity index (χ4v) is 3.47. The molecule has 9 heteroatoms. The van der Waals surface area contributed by atoms with Crippen molar-refractivity contribution in [3.8, 4) is 0 Å². The molecular formula is C27H33ClN4O4. The zero-order valence-electron chi connectivity index (χ0n) is 21.1. The molecule has 8 nitrogen and oxygen atoms in total. The second kappa shape index (κ2) is 14.9. The number of aliphatic hydroxyl groups is 1. The van der Waals surface area contributed by atoms with Gasteiger partial charge in [0, 0.05) is 49.9 Å². The number of aromatic nitrogens is 2. The summed E-state index contributed by atoms with van der Waals surface area (Å²) in [5.74, 6) is -0.599. The molecule has 0 fully saturated rings. The molecule has 1 amide bonds. The van der Waals surface area contributed by atoms with E-state index in [1.165, 1.54) is 13.3 Å². The number of hydrogen-bond acceptors (Lipinski definition) is 7. The molecule has 1 unspecified atom stereocenters. The van der Waals surface area contributed by atoms with Crippen LogP contribution in [0.5, 0.6) is 0 Å². The maximum atomic E-state index is 12.8. The third kappa shape index (κ3) is 8.71. The summed E-state index contributed by atoms with van der Waals surface area (Å²) in [5, 5.41) is 13.8. The normalized spacial score (nSPS) is 11.2. The maximum Gasteiger partial charge on any atom is 0.339 e. The highest BCUT2D eigenvalue weighted by Gasteiger charge is 2.14. The molecule has 2 heterocycles. The van der Waals surface area contributed by atoms with Crippen LogP contribution in [-0.2, 0) is 17.7 Å². The number of benzene rings is 1. The number of carbonyl (C=O) groups is 2. The van der Waals surface area contributed by atoms with E-state index in [9.17, 15) is 14.7 Å². The Bertz CT molecular complexity index is 1110. The van der Waals surface area contributed by atoms with E-state index in [4.69, 9.17) is 16.3 Å². The quantitative estimate of drug-likeness (QED) is 0.239. The number of ether oxygens (including phenoxy) is 1. The number of esters is 1. The number of pyridine rings is 2. The minimum Gasteiger partial charge on any atom is -0.465 e. The summed E-state index contributed by atoms with van der Waals surface area (Å²) >= 11 is 5.77. The number of nitrogens with one attached hydrogen (secondary N) is 1. The Morgan fingerprint density at radius 2 is 1.78 bits per heavy atom. The number of carbonyl (C=O) groups excluding carboxylic acids is 2. The van der Waals surface area contributed by atoms with Crippen molar-refractivity contribution in [2.45, 2.75) is 32.9 Å². The van der Waals surface area contributed by atoms with E-state index in [2.05, 4.69) is 15.3 Å². The number of hydrogen-bond donors (Lipinski definition) is 2. The summed E-state index contributed by atoms with van der Waals surface area (Å²) in [5.41, 5.74) is 3.43. The first-order chi connectivity index (χ1) is 17.4. The highest BCUT2D eigenvalue weighted by Crippen LogP contribution is 2.14. The molecule has 1 aromatic carbocycles. The van der Waals surface area contributed by atoms with Gasteiger partial charge in [0.1, 0.15) is 5.15 Å². The van der Waals surface area contributed by atoms with Crippen LogP contribution in [0, 0.1) is 0 Å². The van der Waals surface area contributed by atoms with Gasteiger partial charge >= 0.3 is 5.97 Å². The van der Waals surface area contributed by atoms with Crippen LogP contribution in [0.25, 0.3) is 0 Å². The van der Waals surface area contributed by atoms with E-state index in [0.717, 1.165) is 17.5 Å². The third-order valence-corrected chi connectivity index (χ3v) is 5.47. The van der Waals surface area contributed by atoms with Gasteiger partial charge < -0.3 is 20.1 Å². The summed E-state index contributed by atoms with van der Waals surface area (Å²) in [4.78, 5) is 34.1. The van der Waals surface area contributed by atoms with Crippen molar-refractivity contribution in [3.05, 3.63) is 94.0 Å². The second-order valence-electron chi connectivity index (χ2n) is 7.82. The van der Waals surface area contributed by atoms with Crippen LogP contribution in [0.3, 0.4) is 0 Å². The van der Waals surface area contributed by atoms with Crippen LogP contribution in [-0.4, -0.2) is 59.1 Å². The zero-order chi connectivity index (χ0) is 26.5. The van der Waals surface area contributed by atoms with Crippen molar-refractivity contribution in [3.63, 3.8) is 0 Å². The van der Waals surface area contributed by atoms with E-state index in [-0.39, 0.29) is 5.91 Å². The number of amides is 1. The molecule has 2 aromatic heterocycles. The van der Waals surface area contributed by atoms with Crippen LogP contribution in [0.15, 0.2) is 61.1 Å². The molecule has 2 N–H and O–H groups in total. The lowest BCUT2D eigenvalue weighted by Crippen LogP contribution is -2.26. The molecule has 192 valence electrons. The predicted molar refractivity (Wildman–Crippen MR) is 140 cm³/mol. The number of methoxy groups -OCH3 is 1. The van der Waals surface area contributed by atoms with Gasteiger partial charge in [0.15, 0.2) is 0 Å². The van der Waals surface area contributed by atoms with Gasteiger partial charge in [0.2, 0.25) is 0 Å². The van der Waals surface area contributed by atoms with E-state index in [1.54, 1.807) is 54.7 Å². The van der Waals surface area contributed by atoms with Crippen molar-refractivity contribution >= 4 is 23.5 Å². The van der Waals surface area contributed by atoms with Crippen LogP contribution in [0.4, 0.5) is 0 Å². The molecule has 0 aliphatic carbocycles. The van der Waals surface area contributed by atoms with Crippen LogP contribution >= 0.6 is 11.6 Å². The molecule has 0 spiro atoms. The number of halogens is 1. The van der Waals surface area contributed by atoms with Gasteiger partial charge in [0.25, 0.3) is 5.91 Å². The Hall–Kier alpha value is -3.33. The smallest absolute Gasteiger partial charge is 0.339 e. The summed E-state index contributed by atoms with van der Waals surface area (Å²) in [7, 11) is 3.01. The maximum absolute atomic E-state index is 12.8. The monoisotopic (exact) mass is 512 g/mol. The van der Waals surface area contributed by atoms with E-state index in [0.29, 0.717) is 41.5 Å². The Morgan fingerprint density at radius 3 is 2.42 bits per heavy atom. The Labute approximate surface area is 217 Å². The molecular weight excluding hydrogens is 480 g/mol. The van der Waals surface area contributed by atoms with Crippen molar-refractivity contribution in [1.29, 1.82) is 0 Å². The van der Waals surface area contributed by atoms with Gasteiger partial charge in [0.05, 0.1) is 18.8 Å². The van der Waals surface area contributed by atoms with E-state index < -0.39 is 12.1 Å². The lowest BCUT2D eigenvalue weighted by molar-refractivity contribution is 0.0600. The van der Waals surface area contributed by atoms with Gasteiger partial charge in [-0.1, -0.05) is 43.6 Å².